The molecule has 0 saturated carbocycles. The van der Waals surface area contributed by atoms with E-state index in [0.717, 1.165) is 0 Å². The smallest absolute Gasteiger partial charge is 0.872 e. The van der Waals surface area contributed by atoms with Crippen molar-refractivity contribution in [2.45, 2.75) is 27.7 Å². The third-order valence-corrected chi connectivity index (χ3v) is 11.7. The summed E-state index contributed by atoms with van der Waals surface area (Å²) in [6.07, 6.45) is 0. The van der Waals surface area contributed by atoms with E-state index in [2.05, 4.69) is 79.7 Å². The van der Waals surface area contributed by atoms with Crippen LogP contribution in [0.4, 0.5) is 0 Å². The summed E-state index contributed by atoms with van der Waals surface area (Å²) in [6.45, 7) is 6.30. The molecule has 472 valence electrons. The molecule has 0 aliphatic rings. The number of rotatable bonds is 16. The molecular weight excluding hydrogens is 1450 g/mol. The van der Waals surface area contributed by atoms with Crippen molar-refractivity contribution in [3.63, 3.8) is 0 Å². The van der Waals surface area contributed by atoms with E-state index in [1.807, 2.05) is 0 Å². The number of aromatic nitrogens is 4. The summed E-state index contributed by atoms with van der Waals surface area (Å²) in [4.78, 5) is 61.0. The number of methoxy groups -OCH3 is 4. The van der Waals surface area contributed by atoms with Gasteiger partial charge in [-0.1, -0.05) is 144 Å². The zero-order valence-electron chi connectivity index (χ0n) is 52.9. The molecule has 0 bridgehead atoms. The zero-order chi connectivity index (χ0) is 67.3. The van der Waals surface area contributed by atoms with Gasteiger partial charge in [-0.05, 0) is 98.5 Å². The van der Waals surface area contributed by atoms with E-state index in [1.165, 1.54) is 126 Å². The third-order valence-electron chi connectivity index (χ3n) is 11.7. The number of esters is 4. The average Bonchev–Trinajstić information content (AvgIpc) is 0.957. The molecule has 28 nitrogen and oxygen atoms in total. The molecule has 0 unspecified atom stereocenters. The molecule has 4 heterocycles. The van der Waals surface area contributed by atoms with Crippen LogP contribution in [-0.2, 0) is 96.9 Å². The summed E-state index contributed by atoms with van der Waals surface area (Å²) in [5.74, 6) is -6.33. The molecule has 0 amide bonds. The molecule has 0 atom stereocenters. The molecule has 0 saturated heterocycles. The van der Waals surface area contributed by atoms with Gasteiger partial charge in [-0.25, -0.2) is 39.1 Å². The Hall–Kier alpha value is -10.4. The number of nitrogens with zero attached hydrogens (tertiary/aromatic N) is 12. The molecule has 0 N–H and O–H groups in total. The average molecular weight is 1510 g/mol. The Labute approximate surface area is 600 Å². The van der Waals surface area contributed by atoms with Gasteiger partial charge in [-0.15, -0.1) is 0 Å². The normalized spacial score (nSPS) is 11.6. The molecule has 8 aromatic rings. The second-order valence-electron chi connectivity index (χ2n) is 17.9. The maximum Gasteiger partial charge on any atom is 2.00 e. The van der Waals surface area contributed by atoms with Crippen LogP contribution in [0.15, 0.2) is 211 Å². The van der Waals surface area contributed by atoms with E-state index < -0.39 is 47.5 Å². The number of pyridine rings is 4. The molecule has 8 rings (SSSR count). The van der Waals surface area contributed by atoms with Crippen LogP contribution in [0.25, 0.3) is 0 Å². The quantitative estimate of drug-likeness (QED) is 0.0333. The zero-order valence-corrected chi connectivity index (χ0v) is 64.8. The van der Waals surface area contributed by atoms with Gasteiger partial charge in [0.05, 0.1) is 74.1 Å². The standard InChI is InChI=1S/4C16H15N3O4.4Zn/c4*1-10(11-6-3-4-9-14(11)20)18-19-15(21)12-7-5-8-13(17-12)16(22)23-2;;;;/h4*3-9,20H,1-2H3,(H,19,21);;;;/q;;;;4*+2/p-8/b4*18-10+;;;;. The first-order valence-electron chi connectivity index (χ1n) is 26.6. The fraction of sp³-hybridized carbons (Fsp3) is 0.125. The summed E-state index contributed by atoms with van der Waals surface area (Å²) >= 11 is 0. The Morgan fingerprint density at radius 2 is 0.438 bits per heavy atom. The van der Waals surface area contributed by atoms with Gasteiger partial charge in [0.1, 0.15) is 22.8 Å². The first-order chi connectivity index (χ1) is 44.1. The maximum atomic E-state index is 12.0. The summed E-state index contributed by atoms with van der Waals surface area (Å²) in [5.41, 5.74) is 2.53. The van der Waals surface area contributed by atoms with E-state index in [9.17, 15) is 60.0 Å². The van der Waals surface area contributed by atoms with Crippen molar-refractivity contribution in [2.24, 2.45) is 40.8 Å². The Balaban J connectivity index is 0.000000631. The molecule has 32 heteroatoms. The van der Waals surface area contributed by atoms with E-state index in [1.54, 1.807) is 100 Å². The number of carbonyl (C=O) groups excluding carboxylic acids is 4. The Bertz CT molecular complexity index is 3690. The van der Waals surface area contributed by atoms with Crippen LogP contribution in [0.1, 0.15) is 115 Å². The van der Waals surface area contributed by atoms with E-state index in [0.29, 0.717) is 45.1 Å². The van der Waals surface area contributed by atoms with Gasteiger partial charge in [0.2, 0.25) is 0 Å². The van der Waals surface area contributed by atoms with E-state index in [-0.39, 0.29) is 146 Å². The Kier molecular flexibility index (Phi) is 37.3. The van der Waals surface area contributed by atoms with E-state index in [4.69, 9.17) is 0 Å². The van der Waals surface area contributed by atoms with Gasteiger partial charge < -0.3 is 59.8 Å². The summed E-state index contributed by atoms with van der Waals surface area (Å²) in [7, 11) is 4.88. The molecule has 0 radical (unpaired) electrons. The summed E-state index contributed by atoms with van der Waals surface area (Å²) in [6, 6.07) is 42.5. The fourth-order valence-electron chi connectivity index (χ4n) is 7.05. The molecule has 4 aromatic heterocycles. The minimum Gasteiger partial charge on any atom is -0.872 e. The number of para-hydroxylation sites is 4. The van der Waals surface area contributed by atoms with Crippen molar-refractivity contribution in [2.75, 3.05) is 28.4 Å². The number of benzene rings is 4. The van der Waals surface area contributed by atoms with Gasteiger partial charge in [-0.3, -0.25) is 0 Å². The summed E-state index contributed by atoms with van der Waals surface area (Å²) < 4.78 is 18.1. The molecular formula is C64H52N12O16Zn4. The summed E-state index contributed by atoms with van der Waals surface area (Å²) in [5, 5.41) is 124. The Morgan fingerprint density at radius 3 is 0.604 bits per heavy atom. The van der Waals surface area contributed by atoms with Crippen LogP contribution in [0.2, 0.25) is 0 Å². The van der Waals surface area contributed by atoms with Crippen LogP contribution >= 0.6 is 0 Å². The van der Waals surface area contributed by atoms with Crippen molar-refractivity contribution < 1.29 is 157 Å². The fourth-order valence-corrected chi connectivity index (χ4v) is 7.05. The largest absolute Gasteiger partial charge is 2.00 e. The van der Waals surface area contributed by atoms with Crippen LogP contribution in [0.3, 0.4) is 0 Å². The topological polar surface area (TPSA) is 440 Å². The molecule has 4 aromatic carbocycles. The van der Waals surface area contributed by atoms with Crippen molar-refractivity contribution >= 4 is 70.3 Å². The van der Waals surface area contributed by atoms with Crippen molar-refractivity contribution in [1.82, 2.24) is 19.9 Å². The van der Waals surface area contributed by atoms with Gasteiger partial charge in [0.15, 0.2) is 0 Å². The van der Waals surface area contributed by atoms with Gasteiger partial charge in [0.25, 0.3) is 0 Å². The Morgan fingerprint density at radius 1 is 0.271 bits per heavy atom. The van der Waals surface area contributed by atoms with Crippen molar-refractivity contribution in [3.8, 4) is 23.0 Å². The van der Waals surface area contributed by atoms with Crippen molar-refractivity contribution in [1.29, 1.82) is 0 Å². The SMILES string of the molecule is COC(=O)c1cccc(/C([O-])=N/N=C(\C)c2ccccc2[O-])n1.COC(=O)c1cccc(/C([O-])=N/N=C(\C)c2ccccc2[O-])n1.COC(=O)c1cccc(/C([O-])=N/N=C(\C)c2ccccc2[O-])n1.COC(=O)c1cccc(/C([O-])=N/N=C(\C)c2ccccc2[O-])n1.[Zn+2].[Zn+2].[Zn+2].[Zn+2]. The molecule has 0 spiro atoms. The number of ether oxygens (including phenoxy) is 4. The second kappa shape index (κ2) is 42.8. The maximum absolute atomic E-state index is 12.0. The predicted molar refractivity (Wildman–Crippen MR) is 321 cm³/mol. The van der Waals surface area contributed by atoms with Gasteiger partial charge in [0, 0.05) is 23.6 Å². The minimum absolute atomic E-state index is 0. The third kappa shape index (κ3) is 25.5. The first-order valence-corrected chi connectivity index (χ1v) is 26.6. The second-order valence-corrected chi connectivity index (χ2v) is 17.9. The van der Waals surface area contributed by atoms with Crippen molar-refractivity contribution in [3.05, 3.63) is 238 Å². The molecule has 96 heavy (non-hydrogen) atoms. The minimum atomic E-state index is -0.724. The van der Waals surface area contributed by atoms with E-state index >= 15 is 0 Å². The molecule has 0 aliphatic carbocycles. The first kappa shape index (κ1) is 83.6. The molecule has 0 fully saturated rings. The predicted octanol–water partition coefficient (Wildman–Crippen LogP) is 1.88. The monoisotopic (exact) mass is 1500 g/mol. The van der Waals surface area contributed by atoms with Crippen LogP contribution in [-0.4, -0.2) is 119 Å². The van der Waals surface area contributed by atoms with Crippen LogP contribution < -0.4 is 40.9 Å². The van der Waals surface area contributed by atoms with Crippen LogP contribution in [0, 0.1) is 0 Å². The number of hydrogen-bond donors (Lipinski definition) is 0. The van der Waals surface area contributed by atoms with Crippen LogP contribution in [0.5, 0.6) is 23.0 Å². The van der Waals surface area contributed by atoms with Gasteiger partial charge in [-0.2, -0.15) is 40.8 Å². The number of carbonyl (C=O) groups is 4. The molecule has 0 aliphatic heterocycles. The number of hydrogen-bond acceptors (Lipinski definition) is 28. The van der Waals surface area contributed by atoms with Gasteiger partial charge >= 0.3 is 102 Å².